The lowest BCUT2D eigenvalue weighted by molar-refractivity contribution is -0.141. The van der Waals surface area contributed by atoms with Crippen molar-refractivity contribution < 1.29 is 19.0 Å². The molecule has 0 aromatic heterocycles. The third-order valence-electron chi connectivity index (χ3n) is 7.03. The molecule has 2 atom stereocenters. The Hall–Kier alpha value is -3.47. The molecule has 0 spiro atoms. The zero-order valence-electron chi connectivity index (χ0n) is 20.4. The first-order valence-electron chi connectivity index (χ1n) is 11.8. The smallest absolute Gasteiger partial charge is 0.236 e. The zero-order chi connectivity index (χ0) is 24.1. The monoisotopic (exact) mass is 459 g/mol. The molecule has 0 N–H and O–H groups in total. The van der Waals surface area contributed by atoms with Crippen molar-refractivity contribution in [2.75, 3.05) is 26.2 Å². The highest BCUT2D eigenvalue weighted by Gasteiger charge is 2.61. The van der Waals surface area contributed by atoms with Gasteiger partial charge in [-0.1, -0.05) is 67.6 Å². The molecule has 0 saturated carbocycles. The fourth-order valence-corrected chi connectivity index (χ4v) is 5.23. The second kappa shape index (κ2) is 10.2. The number of carbonyl (C=O) groups is 1. The molecule has 0 radical (unpaired) electrons. The number of β-lactam (4-membered cyclic amide) rings is 1. The van der Waals surface area contributed by atoms with Crippen LogP contribution in [0.1, 0.15) is 43.4 Å². The Kier molecular flexibility index (Phi) is 7.11. The minimum Gasteiger partial charge on any atom is -0.496 e. The van der Waals surface area contributed by atoms with E-state index in [0.29, 0.717) is 22.9 Å². The maximum absolute atomic E-state index is 14.0. The normalized spacial score (nSPS) is 19.5. The molecule has 4 rings (SSSR count). The molecule has 0 aliphatic carbocycles. The zero-order valence-corrected chi connectivity index (χ0v) is 20.4. The van der Waals surface area contributed by atoms with Crippen LogP contribution >= 0.6 is 0 Å². The van der Waals surface area contributed by atoms with Crippen LogP contribution in [0.25, 0.3) is 0 Å². The molecule has 3 aromatic carbocycles. The van der Waals surface area contributed by atoms with Crippen LogP contribution in [0.5, 0.6) is 17.2 Å². The summed E-state index contributed by atoms with van der Waals surface area (Å²) in [5.74, 6) is 1.84. The quantitative estimate of drug-likeness (QED) is 0.338. The van der Waals surface area contributed by atoms with Crippen molar-refractivity contribution in [3.63, 3.8) is 0 Å². The average Bonchev–Trinajstić information content (AvgIpc) is 2.90. The van der Waals surface area contributed by atoms with Gasteiger partial charge in [-0.05, 0) is 36.8 Å². The van der Waals surface area contributed by atoms with Gasteiger partial charge >= 0.3 is 0 Å². The summed E-state index contributed by atoms with van der Waals surface area (Å²) in [5.41, 5.74) is 2.58. The number of nitrogens with zero attached hydrogens (tertiary/aromatic N) is 1. The summed E-state index contributed by atoms with van der Waals surface area (Å²) in [6, 6.07) is 24.2. The van der Waals surface area contributed by atoms with E-state index in [1.807, 2.05) is 29.2 Å². The van der Waals surface area contributed by atoms with Crippen molar-refractivity contribution >= 4 is 11.6 Å². The number of hydrogen-bond acceptors (Lipinski definition) is 4. The van der Waals surface area contributed by atoms with E-state index in [4.69, 9.17) is 14.2 Å². The van der Waals surface area contributed by atoms with Crippen LogP contribution in [0.4, 0.5) is 5.69 Å². The number of aryl methyl sites for hydroxylation is 1. The third kappa shape index (κ3) is 4.11. The molecule has 1 aliphatic rings. The molecule has 5 heteroatoms. The maximum atomic E-state index is 14.0. The van der Waals surface area contributed by atoms with Gasteiger partial charge in [0.15, 0.2) is 0 Å². The van der Waals surface area contributed by atoms with E-state index in [1.54, 1.807) is 33.5 Å². The van der Waals surface area contributed by atoms with Crippen LogP contribution in [-0.4, -0.2) is 27.2 Å². The molecule has 0 unspecified atom stereocenters. The van der Waals surface area contributed by atoms with Crippen molar-refractivity contribution in [3.8, 4) is 17.2 Å². The average molecular weight is 460 g/mol. The second-order valence-corrected chi connectivity index (χ2v) is 8.72. The van der Waals surface area contributed by atoms with E-state index in [1.165, 1.54) is 5.56 Å². The Morgan fingerprint density at radius 2 is 1.44 bits per heavy atom. The van der Waals surface area contributed by atoms with Crippen LogP contribution in [0.3, 0.4) is 0 Å². The predicted molar refractivity (Wildman–Crippen MR) is 135 cm³/mol. The summed E-state index contributed by atoms with van der Waals surface area (Å²) >= 11 is 0. The van der Waals surface area contributed by atoms with Crippen LogP contribution in [0, 0.1) is 5.41 Å². The van der Waals surface area contributed by atoms with Crippen LogP contribution in [-0.2, 0) is 11.2 Å². The van der Waals surface area contributed by atoms with Crippen molar-refractivity contribution in [2.45, 2.75) is 38.6 Å². The molecule has 0 bridgehead atoms. The van der Waals surface area contributed by atoms with Crippen LogP contribution < -0.4 is 19.1 Å². The fourth-order valence-electron chi connectivity index (χ4n) is 5.23. The molecule has 178 valence electrons. The minimum absolute atomic E-state index is 0.110. The number of benzene rings is 3. The second-order valence-electron chi connectivity index (χ2n) is 8.72. The van der Waals surface area contributed by atoms with Crippen molar-refractivity contribution in [1.82, 2.24) is 0 Å². The Morgan fingerprint density at radius 1 is 0.853 bits per heavy atom. The molecular formula is C29H33NO4. The van der Waals surface area contributed by atoms with Gasteiger partial charge in [-0.25, -0.2) is 0 Å². The molecule has 1 aliphatic heterocycles. The lowest BCUT2D eigenvalue weighted by atomic mass is 9.63. The van der Waals surface area contributed by atoms with Gasteiger partial charge in [0, 0.05) is 12.1 Å². The lowest BCUT2D eigenvalue weighted by Crippen LogP contribution is -2.63. The Labute approximate surface area is 202 Å². The van der Waals surface area contributed by atoms with Gasteiger partial charge in [0.05, 0.1) is 32.8 Å². The highest BCUT2D eigenvalue weighted by Crippen LogP contribution is 2.60. The van der Waals surface area contributed by atoms with E-state index in [0.717, 1.165) is 31.2 Å². The predicted octanol–water partition coefficient (Wildman–Crippen LogP) is 6.22. The van der Waals surface area contributed by atoms with Crippen LogP contribution in [0.15, 0.2) is 72.8 Å². The number of rotatable bonds is 10. The van der Waals surface area contributed by atoms with Crippen LogP contribution in [0.2, 0.25) is 0 Å². The number of methoxy groups -OCH3 is 3. The molecule has 1 fully saturated rings. The number of carbonyl (C=O) groups excluding carboxylic acids is 1. The molecule has 5 nitrogen and oxygen atoms in total. The Morgan fingerprint density at radius 3 is 1.97 bits per heavy atom. The lowest BCUT2D eigenvalue weighted by Gasteiger charge is -2.56. The topological polar surface area (TPSA) is 48.0 Å². The molecule has 3 aromatic rings. The van der Waals surface area contributed by atoms with E-state index in [2.05, 4.69) is 43.3 Å². The van der Waals surface area contributed by atoms with Gasteiger partial charge in [0.25, 0.3) is 0 Å². The standard InChI is InChI=1S/C29H33NO4/c1-5-29(18-12-15-21-13-8-6-9-14-21)27(22-16-10-7-11-17-22)30(28(29)31)26-24(33-3)19-23(32-2)20-25(26)34-4/h6-11,13-14,16-17,19-20,27H,5,12,15,18H2,1-4H3/t27-,29+/m0/s1. The Bertz CT molecular complexity index is 1090. The number of anilines is 1. The van der Waals surface area contributed by atoms with Gasteiger partial charge in [0.1, 0.15) is 22.9 Å². The van der Waals surface area contributed by atoms with E-state index >= 15 is 0 Å². The van der Waals surface area contributed by atoms with Crippen molar-refractivity contribution in [1.29, 1.82) is 0 Å². The first-order chi connectivity index (χ1) is 16.6. The largest absolute Gasteiger partial charge is 0.496 e. The van der Waals surface area contributed by atoms with Gasteiger partial charge < -0.3 is 14.2 Å². The highest BCUT2D eigenvalue weighted by molar-refractivity contribution is 6.08. The number of hydrogen-bond donors (Lipinski definition) is 0. The van der Waals surface area contributed by atoms with Gasteiger partial charge in [-0.15, -0.1) is 0 Å². The SMILES string of the molecule is CC[C@]1(CCCc2ccccc2)C(=O)N(c2c(OC)cc(OC)cc2OC)[C@H]1c1ccccc1. The summed E-state index contributed by atoms with van der Waals surface area (Å²) < 4.78 is 16.8. The fraction of sp³-hybridized carbons (Fsp3) is 0.345. The minimum atomic E-state index is -0.480. The van der Waals surface area contributed by atoms with Crippen molar-refractivity contribution in [3.05, 3.63) is 83.9 Å². The number of ether oxygens (including phenoxy) is 3. The maximum Gasteiger partial charge on any atom is 0.236 e. The van der Waals surface area contributed by atoms with Gasteiger partial charge in [-0.2, -0.15) is 0 Å². The molecule has 1 saturated heterocycles. The van der Waals surface area contributed by atoms with E-state index in [-0.39, 0.29) is 11.9 Å². The summed E-state index contributed by atoms with van der Waals surface area (Å²) in [4.78, 5) is 15.9. The number of amides is 1. The summed E-state index contributed by atoms with van der Waals surface area (Å²) in [7, 11) is 4.81. The molecule has 1 heterocycles. The first kappa shape index (κ1) is 23.7. The van der Waals surface area contributed by atoms with E-state index < -0.39 is 5.41 Å². The van der Waals surface area contributed by atoms with Gasteiger partial charge in [-0.3, -0.25) is 9.69 Å². The molecular weight excluding hydrogens is 426 g/mol. The Balaban J connectivity index is 1.74. The highest BCUT2D eigenvalue weighted by atomic mass is 16.5. The first-order valence-corrected chi connectivity index (χ1v) is 11.8. The van der Waals surface area contributed by atoms with Crippen molar-refractivity contribution in [2.24, 2.45) is 5.41 Å². The molecule has 1 amide bonds. The van der Waals surface area contributed by atoms with E-state index in [9.17, 15) is 4.79 Å². The van der Waals surface area contributed by atoms with Gasteiger partial charge in [0.2, 0.25) is 5.91 Å². The third-order valence-corrected chi connectivity index (χ3v) is 7.03. The molecule has 34 heavy (non-hydrogen) atoms. The summed E-state index contributed by atoms with van der Waals surface area (Å²) in [6.07, 6.45) is 3.47. The summed E-state index contributed by atoms with van der Waals surface area (Å²) in [6.45, 7) is 2.12. The summed E-state index contributed by atoms with van der Waals surface area (Å²) in [5, 5.41) is 0.